The highest BCUT2D eigenvalue weighted by atomic mass is 32.2. The van der Waals surface area contributed by atoms with Gasteiger partial charge >= 0.3 is 0 Å². The number of ether oxygens (including phenoxy) is 2. The first-order chi connectivity index (χ1) is 25.8. The Hall–Kier alpha value is -5.03. The summed E-state index contributed by atoms with van der Waals surface area (Å²) in [4.78, 5) is 25.8. The Balaban J connectivity index is 1.37. The fourth-order valence-electron chi connectivity index (χ4n) is 6.74. The molecule has 1 atom stereocenters. The second-order valence-electron chi connectivity index (χ2n) is 15.0. The Morgan fingerprint density at radius 3 is 2.50 bits per heavy atom. The third kappa shape index (κ3) is 8.06. The maximum atomic E-state index is 14.1. The van der Waals surface area contributed by atoms with E-state index in [1.807, 2.05) is 73.1 Å². The largest absolute Gasteiger partial charge is 0.378 e. The predicted octanol–water partition coefficient (Wildman–Crippen LogP) is 5.90. The summed E-state index contributed by atoms with van der Waals surface area (Å²) in [7, 11) is -4.90. The topological polar surface area (TPSA) is 150 Å². The Kier molecular flexibility index (Phi) is 10.4. The van der Waals surface area contributed by atoms with E-state index >= 15 is 0 Å². The van der Waals surface area contributed by atoms with Gasteiger partial charge in [-0.05, 0) is 67.4 Å². The van der Waals surface area contributed by atoms with Gasteiger partial charge in [0.1, 0.15) is 30.0 Å². The summed E-state index contributed by atoms with van der Waals surface area (Å²) in [5.41, 5.74) is 5.36. The standard InChI is InChI=1S/C38H47N9O5SSi/c1-26-12-13-46-34(26)38(48)47(30-10-8-7-9-11-30)36(42-46)27(2)41-35-33-32(23-45(37(33)40-24-39-35)25-52-18-19-54(4,5)6)28-20-29(43-53(3,49)50)22-31(21-28)44-14-16-51-17-15-44/h7-13,20-24,27,43H,14-19,25H2,1-6H3,(H,39,40,41). The van der Waals surface area contributed by atoms with Crippen molar-refractivity contribution >= 4 is 51.8 Å². The average Bonchev–Trinajstić information content (AvgIpc) is 3.70. The summed E-state index contributed by atoms with van der Waals surface area (Å²) >= 11 is 0. The van der Waals surface area contributed by atoms with E-state index in [4.69, 9.17) is 24.5 Å². The van der Waals surface area contributed by atoms with Crippen molar-refractivity contribution in [3.05, 3.63) is 95.1 Å². The molecule has 1 aliphatic rings. The lowest BCUT2D eigenvalue weighted by Gasteiger charge is -2.29. The van der Waals surface area contributed by atoms with Gasteiger partial charge in [0.05, 0.1) is 42.3 Å². The van der Waals surface area contributed by atoms with Gasteiger partial charge in [-0.2, -0.15) is 5.10 Å². The van der Waals surface area contributed by atoms with Crippen LogP contribution in [0.4, 0.5) is 17.2 Å². The van der Waals surface area contributed by atoms with Crippen LogP contribution in [0.1, 0.15) is 24.4 Å². The van der Waals surface area contributed by atoms with Crippen LogP contribution in [-0.4, -0.2) is 84.4 Å². The van der Waals surface area contributed by atoms with Crippen molar-refractivity contribution in [2.75, 3.05) is 54.1 Å². The number of benzene rings is 2. The van der Waals surface area contributed by atoms with Crippen molar-refractivity contribution in [3.8, 4) is 16.8 Å². The zero-order chi connectivity index (χ0) is 38.2. The number of anilines is 3. The van der Waals surface area contributed by atoms with E-state index in [0.717, 1.165) is 34.7 Å². The van der Waals surface area contributed by atoms with E-state index < -0.39 is 24.1 Å². The highest BCUT2D eigenvalue weighted by molar-refractivity contribution is 7.92. The molecular weight excluding hydrogens is 723 g/mol. The fourth-order valence-corrected chi connectivity index (χ4v) is 8.05. The Bertz CT molecular complexity index is 2470. The first kappa shape index (κ1) is 37.3. The quantitative estimate of drug-likeness (QED) is 0.107. The number of para-hydroxylation sites is 1. The molecule has 1 saturated heterocycles. The van der Waals surface area contributed by atoms with Gasteiger partial charge in [-0.25, -0.2) is 22.9 Å². The van der Waals surface area contributed by atoms with Gasteiger partial charge in [-0.15, -0.1) is 0 Å². The van der Waals surface area contributed by atoms with Crippen LogP contribution in [0.2, 0.25) is 25.7 Å². The Morgan fingerprint density at radius 2 is 1.78 bits per heavy atom. The van der Waals surface area contributed by atoms with Crippen molar-refractivity contribution in [1.82, 2.24) is 28.7 Å². The maximum absolute atomic E-state index is 14.1. The van der Waals surface area contributed by atoms with Crippen molar-refractivity contribution in [2.45, 2.75) is 52.3 Å². The summed E-state index contributed by atoms with van der Waals surface area (Å²) in [6.45, 7) is 14.2. The third-order valence-corrected chi connectivity index (χ3v) is 11.8. The summed E-state index contributed by atoms with van der Waals surface area (Å²) in [6, 6.07) is 17.6. The number of fused-ring (bicyclic) bond motifs is 2. The van der Waals surface area contributed by atoms with Gasteiger partial charge in [0.2, 0.25) is 10.0 Å². The summed E-state index contributed by atoms with van der Waals surface area (Å²) in [5, 5.41) is 9.24. The lowest BCUT2D eigenvalue weighted by atomic mass is 10.0. The lowest BCUT2D eigenvalue weighted by molar-refractivity contribution is 0.0899. The van der Waals surface area contributed by atoms with Gasteiger partial charge in [-0.1, -0.05) is 37.8 Å². The number of sulfonamides is 1. The molecule has 0 bridgehead atoms. The summed E-state index contributed by atoms with van der Waals surface area (Å²) in [5.74, 6) is 1.01. The number of rotatable bonds is 13. The zero-order valence-electron chi connectivity index (χ0n) is 31.5. The van der Waals surface area contributed by atoms with Crippen LogP contribution >= 0.6 is 0 Å². The minimum Gasteiger partial charge on any atom is -0.378 e. The zero-order valence-corrected chi connectivity index (χ0v) is 33.4. The minimum atomic E-state index is -3.58. The number of nitrogens with one attached hydrogen (secondary N) is 2. The molecule has 54 heavy (non-hydrogen) atoms. The monoisotopic (exact) mass is 769 g/mol. The van der Waals surface area contributed by atoms with Crippen LogP contribution in [-0.2, 0) is 26.2 Å². The smallest absolute Gasteiger partial charge is 0.282 e. The van der Waals surface area contributed by atoms with Crippen LogP contribution in [0, 0.1) is 6.92 Å². The lowest BCUT2D eigenvalue weighted by Crippen LogP contribution is -2.36. The molecule has 2 aromatic carbocycles. The fraction of sp³-hybridized carbons (Fsp3) is 0.368. The summed E-state index contributed by atoms with van der Waals surface area (Å²) < 4.78 is 44.8. The molecule has 1 unspecified atom stereocenters. The minimum absolute atomic E-state index is 0.177. The van der Waals surface area contributed by atoms with Gasteiger partial charge < -0.3 is 24.3 Å². The molecule has 0 spiro atoms. The van der Waals surface area contributed by atoms with Gasteiger partial charge in [-0.3, -0.25) is 14.1 Å². The van der Waals surface area contributed by atoms with Crippen LogP contribution in [0.25, 0.3) is 33.4 Å². The van der Waals surface area contributed by atoms with Gasteiger partial charge in [0, 0.05) is 51.4 Å². The second-order valence-corrected chi connectivity index (χ2v) is 22.4. The molecule has 0 amide bonds. The molecule has 14 nitrogen and oxygen atoms in total. The normalized spacial score (nSPS) is 14.5. The molecule has 4 aromatic heterocycles. The molecule has 1 aliphatic heterocycles. The molecule has 0 radical (unpaired) electrons. The molecule has 0 saturated carbocycles. The first-order valence-electron chi connectivity index (χ1n) is 18.1. The van der Waals surface area contributed by atoms with Crippen LogP contribution in [0.5, 0.6) is 0 Å². The number of aryl methyl sites for hydroxylation is 1. The molecule has 5 heterocycles. The van der Waals surface area contributed by atoms with E-state index in [2.05, 4.69) is 40.6 Å². The van der Waals surface area contributed by atoms with Gasteiger partial charge in [0.15, 0.2) is 5.82 Å². The number of hydrogen-bond acceptors (Lipinski definition) is 10. The van der Waals surface area contributed by atoms with Crippen molar-refractivity contribution in [1.29, 1.82) is 0 Å². The van der Waals surface area contributed by atoms with Crippen LogP contribution < -0.4 is 20.5 Å². The second kappa shape index (κ2) is 15.0. The molecule has 0 aliphatic carbocycles. The van der Waals surface area contributed by atoms with Crippen molar-refractivity contribution in [2.24, 2.45) is 0 Å². The van der Waals surface area contributed by atoms with E-state index in [1.54, 1.807) is 15.3 Å². The summed E-state index contributed by atoms with van der Waals surface area (Å²) in [6.07, 6.45) is 6.44. The van der Waals surface area contributed by atoms with E-state index in [-0.39, 0.29) is 12.3 Å². The SMILES string of the molecule is Cc1ccn2nc(C(C)Nc3ncnc4c3c(-c3cc(NS(C)(=O)=O)cc(N5CCOCC5)c3)cn4COCC[Si](C)(C)C)n(-c3ccccc3)c(=O)c12. The van der Waals surface area contributed by atoms with E-state index in [1.165, 1.54) is 6.33 Å². The van der Waals surface area contributed by atoms with Gasteiger partial charge in [0.25, 0.3) is 5.56 Å². The average molecular weight is 770 g/mol. The third-order valence-electron chi connectivity index (χ3n) is 9.46. The Labute approximate surface area is 315 Å². The molecule has 2 N–H and O–H groups in total. The molecule has 7 rings (SSSR count). The number of morpholine rings is 1. The number of aromatic nitrogens is 6. The van der Waals surface area contributed by atoms with E-state index in [0.29, 0.717) is 72.5 Å². The molecule has 6 aromatic rings. The Morgan fingerprint density at radius 1 is 1.02 bits per heavy atom. The van der Waals surface area contributed by atoms with Crippen LogP contribution in [0.15, 0.2) is 78.1 Å². The van der Waals surface area contributed by atoms with Crippen molar-refractivity contribution < 1.29 is 17.9 Å². The predicted molar refractivity (Wildman–Crippen MR) is 216 cm³/mol. The van der Waals surface area contributed by atoms with E-state index in [9.17, 15) is 13.2 Å². The molecule has 1 fully saturated rings. The molecule has 284 valence electrons. The highest BCUT2D eigenvalue weighted by Gasteiger charge is 2.24. The van der Waals surface area contributed by atoms with Crippen molar-refractivity contribution in [3.63, 3.8) is 0 Å². The number of nitrogens with zero attached hydrogens (tertiary/aromatic N) is 7. The number of hydrogen-bond donors (Lipinski definition) is 2. The van der Waals surface area contributed by atoms with Crippen LogP contribution in [0.3, 0.4) is 0 Å². The maximum Gasteiger partial charge on any atom is 0.282 e. The first-order valence-corrected chi connectivity index (χ1v) is 23.7. The molecular formula is C38H47N9O5SSi. The highest BCUT2D eigenvalue weighted by Crippen LogP contribution is 2.38. The molecule has 16 heteroatoms.